The van der Waals surface area contributed by atoms with Crippen LogP contribution in [0.15, 0.2) is 76.2 Å². The molecule has 35 heavy (non-hydrogen) atoms. The van der Waals surface area contributed by atoms with Crippen molar-refractivity contribution in [3.63, 3.8) is 0 Å². The summed E-state index contributed by atoms with van der Waals surface area (Å²) in [5, 5.41) is 11.5. The van der Waals surface area contributed by atoms with Gasteiger partial charge in [-0.25, -0.2) is 13.9 Å². The van der Waals surface area contributed by atoms with Gasteiger partial charge in [0.05, 0.1) is 11.6 Å². The largest absolute Gasteiger partial charge is 0.350 e. The second-order valence-corrected chi connectivity index (χ2v) is 8.70. The van der Waals surface area contributed by atoms with Crippen molar-refractivity contribution in [2.24, 2.45) is 0 Å². The van der Waals surface area contributed by atoms with Crippen LogP contribution in [0.4, 0.5) is 0 Å². The molecule has 3 aromatic heterocycles. The van der Waals surface area contributed by atoms with Gasteiger partial charge in [-0.05, 0) is 43.0 Å². The maximum absolute atomic E-state index is 13.0. The highest BCUT2D eigenvalue weighted by Crippen LogP contribution is 2.30. The van der Waals surface area contributed by atoms with Crippen LogP contribution in [0, 0.1) is 6.92 Å². The Hall–Kier alpha value is -4.53. The molecule has 3 heterocycles. The summed E-state index contributed by atoms with van der Waals surface area (Å²) in [7, 11) is 0. The zero-order valence-electron chi connectivity index (χ0n) is 19.0. The monoisotopic (exact) mass is 466 g/mol. The minimum atomic E-state index is -0.415. The highest BCUT2D eigenvalue weighted by Gasteiger charge is 2.24. The normalized spacial score (nSPS) is 14.8. The number of benzene rings is 2. The zero-order chi connectivity index (χ0) is 23.9. The van der Waals surface area contributed by atoms with Crippen LogP contribution in [0.1, 0.15) is 29.2 Å². The van der Waals surface area contributed by atoms with E-state index in [9.17, 15) is 9.59 Å². The molecule has 1 aliphatic carbocycles. The average Bonchev–Trinajstić information content (AvgIpc) is 3.59. The molecule has 0 saturated carbocycles. The third-order valence-electron chi connectivity index (χ3n) is 6.34. The van der Waals surface area contributed by atoms with E-state index < -0.39 is 5.69 Å². The van der Waals surface area contributed by atoms with E-state index in [1.807, 2.05) is 49.4 Å². The molecule has 0 fully saturated rings. The highest BCUT2D eigenvalue weighted by atomic mass is 16.5. The van der Waals surface area contributed by atoms with Gasteiger partial charge < -0.3 is 9.84 Å². The molecule has 1 atom stereocenters. The quantitative estimate of drug-likeness (QED) is 0.426. The lowest BCUT2D eigenvalue weighted by Crippen LogP contribution is -2.34. The van der Waals surface area contributed by atoms with E-state index in [2.05, 4.69) is 26.6 Å². The molecule has 174 valence electrons. The lowest BCUT2D eigenvalue weighted by atomic mass is 10.1. The van der Waals surface area contributed by atoms with Gasteiger partial charge in [-0.2, -0.15) is 4.98 Å². The Kier molecular flexibility index (Phi) is 5.02. The van der Waals surface area contributed by atoms with Crippen molar-refractivity contribution in [1.29, 1.82) is 0 Å². The number of carbonyl (C=O) groups is 1. The number of hydrogen-bond acceptors (Lipinski definition) is 6. The molecule has 5 aromatic rings. The summed E-state index contributed by atoms with van der Waals surface area (Å²) >= 11 is 0. The number of carbonyl (C=O) groups excluding carboxylic acids is 1. The SMILES string of the molecule is Cc1ccc(-c2noc(-c3cccn4c(=O)n(CC(=O)N[C@H]5CCc6ccccc65)nc34)n2)cc1. The molecule has 0 unspecified atom stereocenters. The van der Waals surface area contributed by atoms with Crippen molar-refractivity contribution in [2.45, 2.75) is 32.4 Å². The van der Waals surface area contributed by atoms with Crippen LogP contribution in [0.5, 0.6) is 0 Å². The van der Waals surface area contributed by atoms with Crippen LogP contribution >= 0.6 is 0 Å². The van der Waals surface area contributed by atoms with Crippen LogP contribution in [0.3, 0.4) is 0 Å². The smallest absolute Gasteiger partial charge is 0.348 e. The molecule has 0 aliphatic heterocycles. The third kappa shape index (κ3) is 3.80. The molecule has 0 saturated heterocycles. The Morgan fingerprint density at radius 3 is 2.80 bits per heavy atom. The van der Waals surface area contributed by atoms with Crippen molar-refractivity contribution in [2.75, 3.05) is 0 Å². The summed E-state index contributed by atoms with van der Waals surface area (Å²) in [5.41, 5.74) is 4.78. The first-order valence-corrected chi connectivity index (χ1v) is 11.4. The predicted octanol–water partition coefficient (Wildman–Crippen LogP) is 3.33. The van der Waals surface area contributed by atoms with Crippen molar-refractivity contribution < 1.29 is 9.32 Å². The van der Waals surface area contributed by atoms with Gasteiger partial charge in [-0.15, -0.1) is 5.10 Å². The van der Waals surface area contributed by atoms with Crippen molar-refractivity contribution in [3.8, 4) is 22.8 Å². The molecule has 9 nitrogen and oxygen atoms in total. The van der Waals surface area contributed by atoms with E-state index in [-0.39, 0.29) is 24.4 Å². The first kappa shape index (κ1) is 21.0. The van der Waals surface area contributed by atoms with Gasteiger partial charge in [0, 0.05) is 11.8 Å². The summed E-state index contributed by atoms with van der Waals surface area (Å²) in [6, 6.07) is 19.3. The summed E-state index contributed by atoms with van der Waals surface area (Å²) < 4.78 is 8.03. The predicted molar refractivity (Wildman–Crippen MR) is 129 cm³/mol. The maximum Gasteiger partial charge on any atom is 0.350 e. The van der Waals surface area contributed by atoms with Crippen molar-refractivity contribution in [1.82, 2.24) is 29.6 Å². The molecule has 0 spiro atoms. The first-order valence-electron chi connectivity index (χ1n) is 11.4. The minimum absolute atomic E-state index is 0.0550. The molecule has 1 amide bonds. The first-order chi connectivity index (χ1) is 17.1. The zero-order valence-corrected chi connectivity index (χ0v) is 19.0. The lowest BCUT2D eigenvalue weighted by Gasteiger charge is -2.13. The standard InChI is InChI=1S/C26H22N6O3/c1-16-8-10-18(11-9-16)23-28-25(35-30-23)20-7-4-14-31-24(20)29-32(26(31)34)15-22(33)27-21-13-12-17-5-2-3-6-19(17)21/h2-11,14,21H,12-13,15H2,1H3,(H,27,33)/t21-/m0/s1. The Balaban J connectivity index is 1.27. The minimum Gasteiger partial charge on any atom is -0.348 e. The number of rotatable bonds is 5. The van der Waals surface area contributed by atoms with Gasteiger partial charge in [0.2, 0.25) is 11.7 Å². The van der Waals surface area contributed by atoms with E-state index in [1.165, 1.54) is 9.96 Å². The van der Waals surface area contributed by atoms with E-state index >= 15 is 0 Å². The van der Waals surface area contributed by atoms with Crippen LogP contribution in [0.25, 0.3) is 28.5 Å². The van der Waals surface area contributed by atoms with Gasteiger partial charge >= 0.3 is 5.69 Å². The van der Waals surface area contributed by atoms with Gasteiger partial charge in [0.1, 0.15) is 6.54 Å². The van der Waals surface area contributed by atoms with Gasteiger partial charge in [0.25, 0.3) is 5.89 Å². The molecule has 1 aliphatic rings. The molecule has 6 rings (SSSR count). The Morgan fingerprint density at radius 1 is 1.11 bits per heavy atom. The van der Waals surface area contributed by atoms with E-state index in [0.29, 0.717) is 17.0 Å². The fraction of sp³-hybridized carbons (Fsp3) is 0.192. The van der Waals surface area contributed by atoms with Gasteiger partial charge in [0.15, 0.2) is 5.65 Å². The fourth-order valence-corrected chi connectivity index (χ4v) is 4.54. The number of aryl methyl sites for hydroxylation is 2. The summed E-state index contributed by atoms with van der Waals surface area (Å²) in [4.78, 5) is 30.2. The summed E-state index contributed by atoms with van der Waals surface area (Å²) in [6.45, 7) is 1.82. The van der Waals surface area contributed by atoms with E-state index in [0.717, 1.165) is 34.2 Å². The highest BCUT2D eigenvalue weighted by molar-refractivity contribution is 5.77. The molecule has 9 heteroatoms. The maximum atomic E-state index is 13.0. The third-order valence-corrected chi connectivity index (χ3v) is 6.34. The Bertz CT molecular complexity index is 1610. The molecule has 2 aromatic carbocycles. The molecular weight excluding hydrogens is 444 g/mol. The topological polar surface area (TPSA) is 107 Å². The number of amides is 1. The number of pyridine rings is 1. The average molecular weight is 467 g/mol. The fourth-order valence-electron chi connectivity index (χ4n) is 4.54. The lowest BCUT2D eigenvalue weighted by molar-refractivity contribution is -0.122. The van der Waals surface area contributed by atoms with Gasteiger partial charge in [-0.1, -0.05) is 59.3 Å². The number of hydrogen-bond donors (Lipinski definition) is 1. The number of nitrogens with zero attached hydrogens (tertiary/aromatic N) is 5. The number of aromatic nitrogens is 5. The van der Waals surface area contributed by atoms with Crippen LogP contribution in [-0.2, 0) is 17.8 Å². The van der Waals surface area contributed by atoms with E-state index in [4.69, 9.17) is 4.52 Å². The second-order valence-electron chi connectivity index (χ2n) is 8.70. The number of fused-ring (bicyclic) bond motifs is 2. The summed E-state index contributed by atoms with van der Waals surface area (Å²) in [5.74, 6) is 0.425. The number of nitrogens with one attached hydrogen (secondary N) is 1. The van der Waals surface area contributed by atoms with Gasteiger partial charge in [-0.3, -0.25) is 4.79 Å². The molecular formula is C26H22N6O3. The molecule has 0 radical (unpaired) electrons. The Labute approximate surface area is 200 Å². The second kappa shape index (κ2) is 8.35. The molecule has 0 bridgehead atoms. The summed E-state index contributed by atoms with van der Waals surface area (Å²) in [6.07, 6.45) is 3.37. The Morgan fingerprint density at radius 2 is 1.94 bits per heavy atom. The van der Waals surface area contributed by atoms with Crippen molar-refractivity contribution >= 4 is 11.6 Å². The van der Waals surface area contributed by atoms with Crippen LogP contribution in [-0.4, -0.2) is 30.2 Å². The van der Waals surface area contributed by atoms with Crippen LogP contribution < -0.4 is 11.0 Å². The van der Waals surface area contributed by atoms with E-state index in [1.54, 1.807) is 18.3 Å². The van der Waals surface area contributed by atoms with Crippen molar-refractivity contribution in [3.05, 3.63) is 94.0 Å². The molecule has 1 N–H and O–H groups in total. The van der Waals surface area contributed by atoms with Crippen LogP contribution in [0.2, 0.25) is 0 Å².